The molecule has 1 aliphatic rings. The number of carbonyl (C=O) groups is 1. The van der Waals surface area contributed by atoms with E-state index in [2.05, 4.69) is 20.8 Å². The molecule has 1 aromatic carbocycles. The van der Waals surface area contributed by atoms with Crippen LogP contribution >= 0.6 is 15.9 Å². The van der Waals surface area contributed by atoms with Gasteiger partial charge in [-0.2, -0.15) is 0 Å². The molecule has 4 heteroatoms. The predicted octanol–water partition coefficient (Wildman–Crippen LogP) is 3.77. The molecule has 0 aromatic heterocycles. The maximum atomic E-state index is 11.3. The average molecular weight is 312 g/mol. The molecular weight excluding hydrogens is 294 g/mol. The third-order valence-electron chi connectivity index (χ3n) is 3.61. The quantitative estimate of drug-likeness (QED) is 0.920. The molecule has 0 heterocycles. The molecule has 1 saturated carbocycles. The molecule has 18 heavy (non-hydrogen) atoms. The minimum atomic E-state index is -0.871. The summed E-state index contributed by atoms with van der Waals surface area (Å²) in [5.74, 6) is -0.162. The van der Waals surface area contributed by atoms with Crippen molar-refractivity contribution >= 4 is 27.6 Å². The van der Waals surface area contributed by atoms with Crippen LogP contribution in [0.5, 0.6) is 0 Å². The van der Waals surface area contributed by atoms with Crippen LogP contribution in [0.1, 0.15) is 36.0 Å². The Morgan fingerprint density at radius 2 is 2.11 bits per heavy atom. The van der Waals surface area contributed by atoms with Crippen molar-refractivity contribution in [3.05, 3.63) is 28.2 Å². The maximum Gasteiger partial charge on any atom is 0.337 e. The van der Waals surface area contributed by atoms with Crippen molar-refractivity contribution in [2.45, 2.75) is 25.7 Å². The van der Waals surface area contributed by atoms with Crippen LogP contribution in [0, 0.1) is 5.92 Å². The fourth-order valence-electron chi connectivity index (χ4n) is 2.69. The summed E-state index contributed by atoms with van der Waals surface area (Å²) in [7, 11) is 1.98. The number of carboxylic acid groups (broad SMARTS) is 1. The maximum absolute atomic E-state index is 11.3. The van der Waals surface area contributed by atoms with E-state index in [4.69, 9.17) is 0 Å². The Kier molecular flexibility index (Phi) is 4.27. The van der Waals surface area contributed by atoms with E-state index in [9.17, 15) is 9.90 Å². The van der Waals surface area contributed by atoms with Crippen LogP contribution in [0.2, 0.25) is 0 Å². The Hall–Kier alpha value is -1.03. The fourth-order valence-corrected chi connectivity index (χ4v) is 3.05. The molecule has 0 spiro atoms. The van der Waals surface area contributed by atoms with Gasteiger partial charge in [0.2, 0.25) is 0 Å². The van der Waals surface area contributed by atoms with Gasteiger partial charge in [-0.05, 0) is 37.0 Å². The average Bonchev–Trinajstić information content (AvgIpc) is 2.81. The highest BCUT2D eigenvalue weighted by molar-refractivity contribution is 9.10. The van der Waals surface area contributed by atoms with Gasteiger partial charge < -0.3 is 10.0 Å². The Bertz CT molecular complexity index is 441. The number of nitrogens with zero attached hydrogens (tertiary/aromatic N) is 1. The summed E-state index contributed by atoms with van der Waals surface area (Å²) in [6.07, 6.45) is 5.15. The van der Waals surface area contributed by atoms with Gasteiger partial charge >= 0.3 is 5.97 Å². The van der Waals surface area contributed by atoms with Crippen molar-refractivity contribution in [3.63, 3.8) is 0 Å². The van der Waals surface area contributed by atoms with E-state index in [0.717, 1.165) is 16.7 Å². The first-order valence-corrected chi connectivity index (χ1v) is 7.11. The van der Waals surface area contributed by atoms with Crippen LogP contribution in [-0.4, -0.2) is 24.7 Å². The summed E-state index contributed by atoms with van der Waals surface area (Å²) < 4.78 is 0.804. The van der Waals surface area contributed by atoms with Gasteiger partial charge in [0, 0.05) is 18.1 Å². The Morgan fingerprint density at radius 1 is 1.44 bits per heavy atom. The number of hydrogen-bond acceptors (Lipinski definition) is 2. The highest BCUT2D eigenvalue weighted by Crippen LogP contribution is 2.29. The lowest BCUT2D eigenvalue weighted by Crippen LogP contribution is -2.25. The SMILES string of the molecule is CN(CC1CCCC1)c1ccc(Br)cc1C(=O)O. The summed E-state index contributed by atoms with van der Waals surface area (Å²) in [5, 5.41) is 9.25. The van der Waals surface area contributed by atoms with Crippen LogP contribution in [0.4, 0.5) is 5.69 Å². The molecule has 0 atom stereocenters. The monoisotopic (exact) mass is 311 g/mol. The van der Waals surface area contributed by atoms with Crippen LogP contribution in [-0.2, 0) is 0 Å². The molecule has 98 valence electrons. The van der Waals surface area contributed by atoms with Crippen LogP contribution in [0.3, 0.4) is 0 Å². The number of hydrogen-bond donors (Lipinski definition) is 1. The van der Waals surface area contributed by atoms with Crippen molar-refractivity contribution in [1.29, 1.82) is 0 Å². The van der Waals surface area contributed by atoms with Crippen molar-refractivity contribution in [3.8, 4) is 0 Å². The molecule has 3 nitrogen and oxygen atoms in total. The van der Waals surface area contributed by atoms with E-state index in [1.165, 1.54) is 25.7 Å². The first-order chi connectivity index (χ1) is 8.58. The highest BCUT2D eigenvalue weighted by Gasteiger charge is 2.20. The number of halogens is 1. The van der Waals surface area contributed by atoms with Gasteiger partial charge in [0.15, 0.2) is 0 Å². The van der Waals surface area contributed by atoms with Gasteiger partial charge in [-0.25, -0.2) is 4.79 Å². The van der Waals surface area contributed by atoms with Crippen molar-refractivity contribution in [2.75, 3.05) is 18.5 Å². The van der Waals surface area contributed by atoms with E-state index in [0.29, 0.717) is 11.5 Å². The lowest BCUT2D eigenvalue weighted by Gasteiger charge is -2.24. The van der Waals surface area contributed by atoms with Gasteiger partial charge in [0.05, 0.1) is 11.3 Å². The number of aromatic carboxylic acids is 1. The van der Waals surface area contributed by atoms with Crippen LogP contribution in [0.25, 0.3) is 0 Å². The normalized spacial score (nSPS) is 15.9. The lowest BCUT2D eigenvalue weighted by molar-refractivity contribution is 0.0697. The molecule has 0 aliphatic heterocycles. The Morgan fingerprint density at radius 3 is 2.72 bits per heavy atom. The second kappa shape index (κ2) is 5.74. The van der Waals surface area contributed by atoms with Gasteiger partial charge in [-0.15, -0.1) is 0 Å². The summed E-state index contributed by atoms with van der Waals surface area (Å²) in [4.78, 5) is 13.3. The molecule has 0 unspecified atom stereocenters. The van der Waals surface area contributed by atoms with Crippen LogP contribution in [0.15, 0.2) is 22.7 Å². The van der Waals surface area contributed by atoms with Gasteiger partial charge in [-0.3, -0.25) is 0 Å². The second-order valence-electron chi connectivity index (χ2n) is 5.00. The fraction of sp³-hybridized carbons (Fsp3) is 0.500. The standard InChI is InChI=1S/C14H18BrNO2/c1-16(9-10-4-2-3-5-10)13-7-6-11(15)8-12(13)14(17)18/h6-8,10H,2-5,9H2,1H3,(H,17,18). The van der Waals surface area contributed by atoms with Gasteiger partial charge in [0.25, 0.3) is 0 Å². The summed E-state index contributed by atoms with van der Waals surface area (Å²) in [5.41, 5.74) is 1.17. The summed E-state index contributed by atoms with van der Waals surface area (Å²) >= 11 is 3.32. The van der Waals surface area contributed by atoms with E-state index in [1.807, 2.05) is 19.2 Å². The molecule has 0 bridgehead atoms. The lowest BCUT2D eigenvalue weighted by atomic mass is 10.1. The zero-order chi connectivity index (χ0) is 13.1. The summed E-state index contributed by atoms with van der Waals surface area (Å²) in [6.45, 7) is 0.946. The predicted molar refractivity (Wildman–Crippen MR) is 76.3 cm³/mol. The van der Waals surface area contributed by atoms with E-state index in [1.54, 1.807) is 6.07 Å². The molecular formula is C14H18BrNO2. The molecule has 1 aliphatic carbocycles. The van der Waals surface area contributed by atoms with Crippen molar-refractivity contribution in [1.82, 2.24) is 0 Å². The minimum Gasteiger partial charge on any atom is -0.478 e. The van der Waals surface area contributed by atoms with Crippen molar-refractivity contribution in [2.24, 2.45) is 5.92 Å². The van der Waals surface area contributed by atoms with E-state index < -0.39 is 5.97 Å². The van der Waals surface area contributed by atoms with Gasteiger partial charge in [0.1, 0.15) is 0 Å². The minimum absolute atomic E-state index is 0.366. The highest BCUT2D eigenvalue weighted by atomic mass is 79.9. The number of rotatable bonds is 4. The zero-order valence-corrected chi connectivity index (χ0v) is 12.1. The third-order valence-corrected chi connectivity index (χ3v) is 4.10. The molecule has 0 radical (unpaired) electrons. The number of carboxylic acids is 1. The number of anilines is 1. The topological polar surface area (TPSA) is 40.5 Å². The largest absolute Gasteiger partial charge is 0.478 e. The zero-order valence-electron chi connectivity index (χ0n) is 10.5. The molecule has 1 fully saturated rings. The Balaban J connectivity index is 2.17. The number of benzene rings is 1. The van der Waals surface area contributed by atoms with E-state index >= 15 is 0 Å². The smallest absolute Gasteiger partial charge is 0.337 e. The molecule has 0 saturated heterocycles. The molecule has 1 N–H and O–H groups in total. The third kappa shape index (κ3) is 3.05. The van der Waals surface area contributed by atoms with E-state index in [-0.39, 0.29) is 0 Å². The van der Waals surface area contributed by atoms with Crippen molar-refractivity contribution < 1.29 is 9.90 Å². The molecule has 1 aromatic rings. The Labute approximate surface area is 116 Å². The first-order valence-electron chi connectivity index (χ1n) is 6.32. The summed E-state index contributed by atoms with van der Waals surface area (Å²) in [6, 6.07) is 5.44. The molecule has 0 amide bonds. The second-order valence-corrected chi connectivity index (χ2v) is 5.91. The molecule has 2 rings (SSSR count). The first kappa shape index (κ1) is 13.4. The van der Waals surface area contributed by atoms with Gasteiger partial charge in [-0.1, -0.05) is 28.8 Å². The van der Waals surface area contributed by atoms with Crippen LogP contribution < -0.4 is 4.90 Å².